The van der Waals surface area contributed by atoms with E-state index in [2.05, 4.69) is 16.0 Å². The van der Waals surface area contributed by atoms with Crippen LogP contribution in [0.5, 0.6) is 0 Å². The number of carbonyl (C=O) groups excluding carboxylic acids is 3. The Labute approximate surface area is 152 Å². The molecular weight excluding hydrogens is 330 g/mol. The number of hydrogen-bond donors (Lipinski definition) is 3. The SMILES string of the molecule is CC(=O)Nc1ccc(CC(=O)Nc2cccc(NC(=O)C3CC3)c2)cc1. The van der Waals surface area contributed by atoms with Crippen molar-refractivity contribution < 1.29 is 14.4 Å². The van der Waals surface area contributed by atoms with E-state index in [4.69, 9.17) is 0 Å². The average molecular weight is 351 g/mol. The zero-order chi connectivity index (χ0) is 18.5. The number of nitrogens with one attached hydrogen (secondary N) is 3. The molecule has 0 aromatic heterocycles. The highest BCUT2D eigenvalue weighted by atomic mass is 16.2. The summed E-state index contributed by atoms with van der Waals surface area (Å²) in [4.78, 5) is 35.1. The molecule has 2 aromatic rings. The molecule has 134 valence electrons. The maximum atomic E-state index is 12.2. The molecule has 1 aliphatic carbocycles. The van der Waals surface area contributed by atoms with Gasteiger partial charge in [-0.25, -0.2) is 0 Å². The fourth-order valence-corrected chi connectivity index (χ4v) is 2.56. The summed E-state index contributed by atoms with van der Waals surface area (Å²) in [5, 5.41) is 8.39. The van der Waals surface area contributed by atoms with E-state index in [0.717, 1.165) is 18.4 Å². The summed E-state index contributed by atoms with van der Waals surface area (Å²) in [6.07, 6.45) is 2.12. The Morgan fingerprint density at radius 1 is 0.885 bits per heavy atom. The summed E-state index contributed by atoms with van der Waals surface area (Å²) in [6, 6.07) is 14.3. The van der Waals surface area contributed by atoms with E-state index in [9.17, 15) is 14.4 Å². The fraction of sp³-hybridized carbons (Fsp3) is 0.250. The molecule has 3 amide bonds. The van der Waals surface area contributed by atoms with Crippen LogP contribution in [0.15, 0.2) is 48.5 Å². The predicted molar refractivity (Wildman–Crippen MR) is 101 cm³/mol. The average Bonchev–Trinajstić information content (AvgIpc) is 3.41. The minimum absolute atomic E-state index is 0.0349. The van der Waals surface area contributed by atoms with Gasteiger partial charge in [-0.15, -0.1) is 0 Å². The highest BCUT2D eigenvalue weighted by Gasteiger charge is 2.29. The monoisotopic (exact) mass is 351 g/mol. The van der Waals surface area contributed by atoms with Gasteiger partial charge in [-0.2, -0.15) is 0 Å². The van der Waals surface area contributed by atoms with Gasteiger partial charge in [0.05, 0.1) is 6.42 Å². The largest absolute Gasteiger partial charge is 0.326 e. The summed E-state index contributed by atoms with van der Waals surface area (Å²) in [7, 11) is 0. The molecule has 2 aromatic carbocycles. The number of rotatable bonds is 6. The van der Waals surface area contributed by atoms with Crippen LogP contribution in [0.25, 0.3) is 0 Å². The van der Waals surface area contributed by atoms with E-state index in [1.807, 2.05) is 0 Å². The topological polar surface area (TPSA) is 87.3 Å². The van der Waals surface area contributed by atoms with Crippen LogP contribution in [0.1, 0.15) is 25.3 Å². The van der Waals surface area contributed by atoms with Crippen LogP contribution in [-0.4, -0.2) is 17.7 Å². The standard InChI is InChI=1S/C20H21N3O3/c1-13(24)21-16-9-5-14(6-10-16)11-19(25)22-17-3-2-4-18(12-17)23-20(26)15-7-8-15/h2-6,9-10,12,15H,7-8,11H2,1H3,(H,21,24)(H,22,25)(H,23,26). The van der Waals surface area contributed by atoms with Gasteiger partial charge in [0.1, 0.15) is 0 Å². The van der Waals surface area contributed by atoms with Gasteiger partial charge >= 0.3 is 0 Å². The quantitative estimate of drug-likeness (QED) is 0.747. The molecule has 6 nitrogen and oxygen atoms in total. The molecule has 0 unspecified atom stereocenters. The molecule has 1 saturated carbocycles. The number of hydrogen-bond acceptors (Lipinski definition) is 3. The van der Waals surface area contributed by atoms with Crippen LogP contribution in [0, 0.1) is 5.92 Å². The lowest BCUT2D eigenvalue weighted by Gasteiger charge is -2.09. The van der Waals surface area contributed by atoms with E-state index in [1.165, 1.54) is 6.92 Å². The first-order valence-corrected chi connectivity index (χ1v) is 8.57. The molecular formula is C20H21N3O3. The van der Waals surface area contributed by atoms with Crippen molar-refractivity contribution in [2.45, 2.75) is 26.2 Å². The highest BCUT2D eigenvalue weighted by Crippen LogP contribution is 2.30. The Kier molecular flexibility index (Phi) is 5.31. The van der Waals surface area contributed by atoms with E-state index in [0.29, 0.717) is 17.1 Å². The van der Waals surface area contributed by atoms with Crippen molar-refractivity contribution in [1.82, 2.24) is 0 Å². The molecule has 1 aliphatic rings. The van der Waals surface area contributed by atoms with E-state index >= 15 is 0 Å². The lowest BCUT2D eigenvalue weighted by atomic mass is 10.1. The van der Waals surface area contributed by atoms with E-state index < -0.39 is 0 Å². The minimum Gasteiger partial charge on any atom is -0.326 e. The highest BCUT2D eigenvalue weighted by molar-refractivity contribution is 5.96. The van der Waals surface area contributed by atoms with Gasteiger partial charge in [-0.1, -0.05) is 18.2 Å². The summed E-state index contributed by atoms with van der Waals surface area (Å²) in [5.74, 6) is -0.117. The maximum Gasteiger partial charge on any atom is 0.228 e. The predicted octanol–water partition coefficient (Wildman–Crippen LogP) is 3.17. The molecule has 0 aliphatic heterocycles. The molecule has 0 bridgehead atoms. The van der Waals surface area contributed by atoms with Gasteiger partial charge in [0, 0.05) is 29.9 Å². The van der Waals surface area contributed by atoms with E-state index in [1.54, 1.807) is 48.5 Å². The maximum absolute atomic E-state index is 12.2. The first-order valence-electron chi connectivity index (χ1n) is 8.57. The summed E-state index contributed by atoms with van der Waals surface area (Å²) < 4.78 is 0. The van der Waals surface area contributed by atoms with Crippen molar-refractivity contribution in [3.05, 3.63) is 54.1 Å². The van der Waals surface area contributed by atoms with Crippen LogP contribution >= 0.6 is 0 Å². The van der Waals surface area contributed by atoms with Gasteiger partial charge in [0.25, 0.3) is 0 Å². The van der Waals surface area contributed by atoms with E-state index in [-0.39, 0.29) is 30.1 Å². The fourth-order valence-electron chi connectivity index (χ4n) is 2.56. The first kappa shape index (κ1) is 17.7. The minimum atomic E-state index is -0.150. The number of carbonyl (C=O) groups is 3. The van der Waals surface area contributed by atoms with Gasteiger partial charge < -0.3 is 16.0 Å². The third-order valence-corrected chi connectivity index (χ3v) is 4.00. The molecule has 0 atom stereocenters. The smallest absolute Gasteiger partial charge is 0.228 e. The van der Waals surface area contributed by atoms with Crippen LogP contribution in [-0.2, 0) is 20.8 Å². The third-order valence-electron chi connectivity index (χ3n) is 4.00. The van der Waals surface area contributed by atoms with Crippen molar-refractivity contribution in [2.75, 3.05) is 16.0 Å². The van der Waals surface area contributed by atoms with Crippen molar-refractivity contribution in [3.8, 4) is 0 Å². The Morgan fingerprint density at radius 2 is 1.54 bits per heavy atom. The second kappa shape index (κ2) is 7.82. The number of benzene rings is 2. The van der Waals surface area contributed by atoms with Crippen LogP contribution in [0.4, 0.5) is 17.1 Å². The van der Waals surface area contributed by atoms with Crippen LogP contribution in [0.3, 0.4) is 0 Å². The summed E-state index contributed by atoms with van der Waals surface area (Å²) in [6.45, 7) is 1.45. The molecule has 3 rings (SSSR count). The van der Waals surface area contributed by atoms with Crippen molar-refractivity contribution in [1.29, 1.82) is 0 Å². The second-order valence-electron chi connectivity index (χ2n) is 6.45. The Balaban J connectivity index is 1.55. The summed E-state index contributed by atoms with van der Waals surface area (Å²) in [5.41, 5.74) is 2.85. The summed E-state index contributed by atoms with van der Waals surface area (Å²) >= 11 is 0. The molecule has 0 heterocycles. The van der Waals surface area contributed by atoms with Gasteiger partial charge in [0.2, 0.25) is 17.7 Å². The molecule has 6 heteroatoms. The normalized spacial score (nSPS) is 13.0. The molecule has 26 heavy (non-hydrogen) atoms. The lowest BCUT2D eigenvalue weighted by Crippen LogP contribution is -2.16. The van der Waals surface area contributed by atoms with Gasteiger partial charge in [-0.05, 0) is 48.7 Å². The Morgan fingerprint density at radius 3 is 2.15 bits per heavy atom. The molecule has 3 N–H and O–H groups in total. The van der Waals surface area contributed by atoms with Crippen molar-refractivity contribution in [3.63, 3.8) is 0 Å². The molecule has 0 radical (unpaired) electrons. The van der Waals surface area contributed by atoms with Gasteiger partial charge in [0.15, 0.2) is 0 Å². The van der Waals surface area contributed by atoms with Crippen molar-refractivity contribution >= 4 is 34.8 Å². The zero-order valence-corrected chi connectivity index (χ0v) is 14.5. The zero-order valence-electron chi connectivity index (χ0n) is 14.5. The molecule has 0 saturated heterocycles. The molecule has 0 spiro atoms. The Bertz CT molecular complexity index is 826. The van der Waals surface area contributed by atoms with Crippen LogP contribution in [0.2, 0.25) is 0 Å². The van der Waals surface area contributed by atoms with Crippen LogP contribution < -0.4 is 16.0 Å². The number of anilines is 3. The second-order valence-corrected chi connectivity index (χ2v) is 6.45. The van der Waals surface area contributed by atoms with Crippen molar-refractivity contribution in [2.24, 2.45) is 5.92 Å². The first-order chi connectivity index (χ1) is 12.5. The molecule has 1 fully saturated rings. The Hall–Kier alpha value is -3.15. The lowest BCUT2D eigenvalue weighted by molar-refractivity contribution is -0.117. The third kappa shape index (κ3) is 5.17. The number of amides is 3. The van der Waals surface area contributed by atoms with Gasteiger partial charge in [-0.3, -0.25) is 14.4 Å².